The van der Waals surface area contributed by atoms with E-state index in [0.717, 1.165) is 25.4 Å². The molecule has 1 aliphatic carbocycles. The number of nitrogens with one attached hydrogen (secondary N) is 1. The number of rotatable bonds is 5. The fraction of sp³-hybridized carbons (Fsp3) is 0.435. The Kier molecular flexibility index (Phi) is 5.99. The maximum atomic E-state index is 13.0. The summed E-state index contributed by atoms with van der Waals surface area (Å²) in [5.74, 6) is 1.80. The lowest BCUT2D eigenvalue weighted by molar-refractivity contribution is 0.0521. The Morgan fingerprint density at radius 2 is 1.70 bits per heavy atom. The maximum Gasteiger partial charge on any atom is 0.262 e. The molecule has 2 fully saturated rings. The van der Waals surface area contributed by atoms with E-state index < -0.39 is 10.0 Å². The number of carbonyl (C=O) groups excluding carboxylic acids is 1. The molecule has 30 heavy (non-hydrogen) atoms. The van der Waals surface area contributed by atoms with Crippen LogP contribution in [0.25, 0.3) is 0 Å². The Balaban J connectivity index is 1.46. The quantitative estimate of drug-likeness (QED) is 0.776. The average molecular weight is 429 g/mol. The van der Waals surface area contributed by atoms with Crippen molar-refractivity contribution in [2.24, 2.45) is 11.8 Å². The number of carbonyl (C=O) groups is 1. The number of methoxy groups -OCH3 is 1. The molecule has 6 nitrogen and oxygen atoms in total. The number of benzene rings is 2. The summed E-state index contributed by atoms with van der Waals surface area (Å²) in [6.07, 6.45) is 6.15. The van der Waals surface area contributed by atoms with Crippen molar-refractivity contribution in [3.8, 4) is 5.75 Å². The van der Waals surface area contributed by atoms with Gasteiger partial charge in [0.25, 0.3) is 15.9 Å². The van der Waals surface area contributed by atoms with Gasteiger partial charge in [-0.3, -0.25) is 9.52 Å². The third-order valence-corrected chi connectivity index (χ3v) is 7.72. The van der Waals surface area contributed by atoms with Gasteiger partial charge in [0.15, 0.2) is 0 Å². The van der Waals surface area contributed by atoms with E-state index >= 15 is 0 Å². The molecule has 160 valence electrons. The summed E-state index contributed by atoms with van der Waals surface area (Å²) in [5.41, 5.74) is 0.899. The Labute approximate surface area is 178 Å². The Morgan fingerprint density at radius 3 is 2.43 bits per heavy atom. The zero-order valence-electron chi connectivity index (χ0n) is 17.2. The molecule has 1 amide bonds. The number of amides is 1. The smallest absolute Gasteiger partial charge is 0.262 e. The van der Waals surface area contributed by atoms with E-state index in [0.29, 0.717) is 22.9 Å². The fourth-order valence-electron chi connectivity index (χ4n) is 4.68. The normalized spacial score (nSPS) is 21.6. The zero-order valence-corrected chi connectivity index (χ0v) is 18.0. The number of anilines is 1. The molecule has 1 N–H and O–H groups in total. The molecule has 0 spiro atoms. The summed E-state index contributed by atoms with van der Waals surface area (Å²) in [4.78, 5) is 15.0. The highest BCUT2D eigenvalue weighted by Gasteiger charge is 2.33. The van der Waals surface area contributed by atoms with Crippen LogP contribution in [-0.4, -0.2) is 39.4 Å². The third kappa shape index (κ3) is 4.31. The molecule has 2 atom stereocenters. The van der Waals surface area contributed by atoms with Crippen molar-refractivity contribution in [2.45, 2.75) is 37.0 Å². The highest BCUT2D eigenvalue weighted by Crippen LogP contribution is 2.36. The lowest BCUT2D eigenvalue weighted by atomic mass is 9.75. The summed E-state index contributed by atoms with van der Waals surface area (Å²) < 4.78 is 33.3. The van der Waals surface area contributed by atoms with Crippen LogP contribution in [0.5, 0.6) is 5.75 Å². The van der Waals surface area contributed by atoms with Gasteiger partial charge in [0.1, 0.15) is 5.75 Å². The molecule has 0 bridgehead atoms. The van der Waals surface area contributed by atoms with Gasteiger partial charge in [0.2, 0.25) is 0 Å². The topological polar surface area (TPSA) is 75.7 Å². The Hall–Kier alpha value is -2.54. The average Bonchev–Trinajstić information content (AvgIpc) is 2.78. The Morgan fingerprint density at radius 1 is 1.00 bits per heavy atom. The zero-order chi connectivity index (χ0) is 21.1. The molecular weight excluding hydrogens is 400 g/mol. The number of piperidine rings is 1. The first kappa shape index (κ1) is 20.7. The molecule has 2 aliphatic rings. The van der Waals surface area contributed by atoms with Crippen molar-refractivity contribution < 1.29 is 17.9 Å². The number of hydrogen-bond acceptors (Lipinski definition) is 4. The van der Waals surface area contributed by atoms with Gasteiger partial charge in [0, 0.05) is 18.7 Å². The van der Waals surface area contributed by atoms with E-state index in [1.165, 1.54) is 44.9 Å². The first-order chi connectivity index (χ1) is 14.5. The molecule has 4 rings (SSSR count). The molecule has 1 aliphatic heterocycles. The molecular formula is C23H28N2O4S. The number of ether oxygens (including phenoxy) is 1. The number of sulfonamides is 1. The number of fused-ring (bicyclic) bond motifs is 1. The minimum Gasteiger partial charge on any atom is -0.495 e. The second-order valence-electron chi connectivity index (χ2n) is 8.17. The van der Waals surface area contributed by atoms with Crippen molar-refractivity contribution >= 4 is 21.6 Å². The minimum absolute atomic E-state index is 0.0133. The van der Waals surface area contributed by atoms with Gasteiger partial charge < -0.3 is 9.64 Å². The molecule has 1 saturated heterocycles. The van der Waals surface area contributed by atoms with Crippen LogP contribution in [0.15, 0.2) is 53.4 Å². The van der Waals surface area contributed by atoms with Crippen LogP contribution in [0.4, 0.5) is 5.69 Å². The second-order valence-corrected chi connectivity index (χ2v) is 9.86. The first-order valence-electron chi connectivity index (χ1n) is 10.5. The van der Waals surface area contributed by atoms with Crippen LogP contribution in [-0.2, 0) is 10.0 Å². The predicted molar refractivity (Wildman–Crippen MR) is 116 cm³/mol. The molecule has 1 heterocycles. The fourth-order valence-corrected chi connectivity index (χ4v) is 5.75. The van der Waals surface area contributed by atoms with Crippen molar-refractivity contribution in [1.82, 2.24) is 4.90 Å². The van der Waals surface area contributed by atoms with Gasteiger partial charge >= 0.3 is 0 Å². The number of para-hydroxylation sites is 2. The summed E-state index contributed by atoms with van der Waals surface area (Å²) in [6, 6.07) is 13.0. The molecule has 7 heteroatoms. The van der Waals surface area contributed by atoms with E-state index in [-0.39, 0.29) is 10.8 Å². The highest BCUT2D eigenvalue weighted by atomic mass is 32.2. The molecule has 0 unspecified atom stereocenters. The monoisotopic (exact) mass is 428 g/mol. The van der Waals surface area contributed by atoms with Gasteiger partial charge in [-0.2, -0.15) is 0 Å². The number of likely N-dealkylation sites (tertiary alicyclic amines) is 1. The molecule has 0 aromatic heterocycles. The predicted octanol–water partition coefficient (Wildman–Crippen LogP) is 4.15. The van der Waals surface area contributed by atoms with Gasteiger partial charge in [-0.05, 0) is 61.1 Å². The van der Waals surface area contributed by atoms with Crippen LogP contribution in [0.3, 0.4) is 0 Å². The Bertz CT molecular complexity index is 1000. The second kappa shape index (κ2) is 8.68. The molecule has 0 radical (unpaired) electrons. The third-order valence-electron chi connectivity index (χ3n) is 6.34. The van der Waals surface area contributed by atoms with Crippen molar-refractivity contribution in [2.75, 3.05) is 24.9 Å². The van der Waals surface area contributed by atoms with Crippen molar-refractivity contribution in [1.29, 1.82) is 0 Å². The van der Waals surface area contributed by atoms with Crippen LogP contribution < -0.4 is 9.46 Å². The highest BCUT2D eigenvalue weighted by molar-refractivity contribution is 7.92. The van der Waals surface area contributed by atoms with Crippen LogP contribution in [0.2, 0.25) is 0 Å². The van der Waals surface area contributed by atoms with Crippen LogP contribution >= 0.6 is 0 Å². The number of hydrogen-bond donors (Lipinski definition) is 1. The molecule has 2 aromatic carbocycles. The van der Waals surface area contributed by atoms with Crippen molar-refractivity contribution in [3.05, 3.63) is 54.1 Å². The van der Waals surface area contributed by atoms with Crippen LogP contribution in [0, 0.1) is 11.8 Å². The van der Waals surface area contributed by atoms with E-state index in [1.807, 2.05) is 4.90 Å². The summed E-state index contributed by atoms with van der Waals surface area (Å²) in [7, 11) is -2.29. The largest absolute Gasteiger partial charge is 0.495 e. The lowest BCUT2D eigenvalue weighted by Crippen LogP contribution is -2.44. The number of nitrogens with zero attached hydrogens (tertiary/aromatic N) is 1. The summed E-state index contributed by atoms with van der Waals surface area (Å²) in [6.45, 7) is 1.61. The minimum atomic E-state index is -3.78. The van der Waals surface area contributed by atoms with Gasteiger partial charge in [-0.1, -0.05) is 31.4 Å². The van der Waals surface area contributed by atoms with E-state index in [4.69, 9.17) is 4.74 Å². The van der Waals surface area contributed by atoms with Gasteiger partial charge in [-0.25, -0.2) is 8.42 Å². The lowest BCUT2D eigenvalue weighted by Gasteiger charge is -2.41. The SMILES string of the molecule is COc1ccccc1NS(=O)(=O)c1ccc(C(=O)N2CC[C@@H]3CCCC[C@@H]3C2)cc1. The summed E-state index contributed by atoms with van der Waals surface area (Å²) >= 11 is 0. The van der Waals surface area contributed by atoms with E-state index in [9.17, 15) is 13.2 Å². The molecule has 2 aromatic rings. The van der Waals surface area contributed by atoms with Gasteiger partial charge in [0.05, 0.1) is 17.7 Å². The standard InChI is InChI=1S/C23H28N2O4S/c1-29-22-9-5-4-8-21(22)24-30(27,28)20-12-10-18(11-13-20)23(26)25-15-14-17-6-2-3-7-19(17)16-25/h4-5,8-13,17,19,24H,2-3,6-7,14-16H2,1H3/t17-,19+/m0/s1. The first-order valence-corrected chi connectivity index (χ1v) is 12.0. The van der Waals surface area contributed by atoms with E-state index in [1.54, 1.807) is 36.4 Å². The molecule has 1 saturated carbocycles. The van der Waals surface area contributed by atoms with Gasteiger partial charge in [-0.15, -0.1) is 0 Å². The van der Waals surface area contributed by atoms with Crippen LogP contribution in [0.1, 0.15) is 42.5 Å². The van der Waals surface area contributed by atoms with E-state index in [2.05, 4.69) is 4.72 Å². The van der Waals surface area contributed by atoms with Crippen molar-refractivity contribution in [3.63, 3.8) is 0 Å². The maximum absolute atomic E-state index is 13.0. The summed E-state index contributed by atoms with van der Waals surface area (Å²) in [5, 5.41) is 0.